The van der Waals surface area contributed by atoms with E-state index in [-0.39, 0.29) is 0 Å². The number of halogens is 2. The third kappa shape index (κ3) is 3.65. The lowest BCUT2D eigenvalue weighted by Gasteiger charge is -2.35. The first-order chi connectivity index (χ1) is 11.1. The van der Waals surface area contributed by atoms with Crippen LogP contribution in [0.4, 0.5) is 5.69 Å². The SMILES string of the molecule is Cc1cccc(N2CC[NH+](Cc3cccc(Cl)c3Cl)CC2)c1C. The van der Waals surface area contributed by atoms with E-state index in [9.17, 15) is 0 Å². The van der Waals surface area contributed by atoms with Crippen molar-refractivity contribution < 1.29 is 4.90 Å². The molecule has 1 fully saturated rings. The summed E-state index contributed by atoms with van der Waals surface area (Å²) in [6.07, 6.45) is 0. The van der Waals surface area contributed by atoms with E-state index in [1.54, 1.807) is 4.90 Å². The number of nitrogens with zero attached hydrogens (tertiary/aromatic N) is 1. The number of benzene rings is 2. The van der Waals surface area contributed by atoms with Gasteiger partial charge in [-0.1, -0.05) is 47.5 Å². The van der Waals surface area contributed by atoms with Gasteiger partial charge >= 0.3 is 0 Å². The number of piperazine rings is 1. The average Bonchev–Trinajstić information content (AvgIpc) is 2.55. The summed E-state index contributed by atoms with van der Waals surface area (Å²) in [5, 5.41) is 1.36. The van der Waals surface area contributed by atoms with Crippen LogP contribution in [0.25, 0.3) is 0 Å². The van der Waals surface area contributed by atoms with Crippen molar-refractivity contribution in [3.63, 3.8) is 0 Å². The van der Waals surface area contributed by atoms with E-state index in [0.717, 1.165) is 38.3 Å². The van der Waals surface area contributed by atoms with Crippen LogP contribution >= 0.6 is 23.2 Å². The molecule has 2 aromatic rings. The second-order valence-corrected chi connectivity index (χ2v) is 7.13. The topological polar surface area (TPSA) is 7.68 Å². The molecule has 1 saturated heterocycles. The molecule has 4 heteroatoms. The lowest BCUT2D eigenvalue weighted by atomic mass is 10.1. The summed E-state index contributed by atoms with van der Waals surface area (Å²) in [4.78, 5) is 4.07. The monoisotopic (exact) mass is 349 g/mol. The van der Waals surface area contributed by atoms with Gasteiger partial charge in [-0.05, 0) is 37.1 Å². The molecular formula is C19H23Cl2N2+. The molecule has 0 bridgehead atoms. The summed E-state index contributed by atoms with van der Waals surface area (Å²) in [5.41, 5.74) is 5.29. The number of anilines is 1. The van der Waals surface area contributed by atoms with Crippen LogP contribution in [-0.4, -0.2) is 26.2 Å². The third-order valence-corrected chi connectivity index (χ3v) is 5.72. The van der Waals surface area contributed by atoms with Crippen molar-refractivity contribution in [3.05, 3.63) is 63.1 Å². The molecule has 0 unspecified atom stereocenters. The highest BCUT2D eigenvalue weighted by atomic mass is 35.5. The third-order valence-electron chi connectivity index (χ3n) is 4.86. The van der Waals surface area contributed by atoms with E-state index in [1.807, 2.05) is 12.1 Å². The first-order valence-corrected chi connectivity index (χ1v) is 8.89. The molecule has 3 rings (SSSR count). The zero-order chi connectivity index (χ0) is 16.4. The zero-order valence-electron chi connectivity index (χ0n) is 13.7. The van der Waals surface area contributed by atoms with Gasteiger partial charge in [-0.3, -0.25) is 0 Å². The summed E-state index contributed by atoms with van der Waals surface area (Å²) in [6.45, 7) is 9.75. The predicted octanol–water partition coefficient (Wildman–Crippen LogP) is 3.52. The Hall–Kier alpha value is -1.22. The average molecular weight is 350 g/mol. The van der Waals surface area contributed by atoms with Gasteiger partial charge in [0.25, 0.3) is 0 Å². The molecular weight excluding hydrogens is 327 g/mol. The fourth-order valence-corrected chi connectivity index (χ4v) is 3.66. The molecule has 0 aliphatic carbocycles. The van der Waals surface area contributed by atoms with Crippen molar-refractivity contribution in [2.75, 3.05) is 31.1 Å². The molecule has 0 saturated carbocycles. The molecule has 1 aliphatic heterocycles. The summed E-state index contributed by atoms with van der Waals surface area (Å²) >= 11 is 12.4. The van der Waals surface area contributed by atoms with Crippen molar-refractivity contribution >= 4 is 28.9 Å². The van der Waals surface area contributed by atoms with E-state index >= 15 is 0 Å². The second-order valence-electron chi connectivity index (χ2n) is 6.35. The van der Waals surface area contributed by atoms with Crippen molar-refractivity contribution in [1.29, 1.82) is 0 Å². The first kappa shape index (κ1) is 16.6. The van der Waals surface area contributed by atoms with Crippen molar-refractivity contribution in [2.45, 2.75) is 20.4 Å². The summed E-state index contributed by atoms with van der Waals surface area (Å²) in [5.74, 6) is 0. The van der Waals surface area contributed by atoms with Gasteiger partial charge in [0.1, 0.15) is 6.54 Å². The molecule has 0 amide bonds. The first-order valence-electron chi connectivity index (χ1n) is 8.14. The Bertz CT molecular complexity index is 692. The molecule has 23 heavy (non-hydrogen) atoms. The molecule has 0 aromatic heterocycles. The van der Waals surface area contributed by atoms with Gasteiger partial charge < -0.3 is 9.80 Å². The molecule has 0 spiro atoms. The maximum atomic E-state index is 6.32. The standard InChI is InChI=1S/C19H22Cl2N2/c1-14-5-3-8-18(15(14)2)23-11-9-22(10-12-23)13-16-6-4-7-17(20)19(16)21/h3-8H,9-13H2,1-2H3/p+1. The normalized spacial score (nSPS) is 15.9. The maximum absolute atomic E-state index is 6.32. The fourth-order valence-electron chi connectivity index (χ4n) is 3.27. The Morgan fingerprint density at radius 1 is 1.00 bits per heavy atom. The Balaban J connectivity index is 1.64. The Morgan fingerprint density at radius 3 is 2.43 bits per heavy atom. The lowest BCUT2D eigenvalue weighted by Crippen LogP contribution is -3.13. The highest BCUT2D eigenvalue weighted by Crippen LogP contribution is 2.25. The Kier molecular flexibility index (Phi) is 5.15. The minimum absolute atomic E-state index is 0.651. The summed E-state index contributed by atoms with van der Waals surface area (Å²) in [6, 6.07) is 12.5. The predicted molar refractivity (Wildman–Crippen MR) is 99.0 cm³/mol. The van der Waals surface area contributed by atoms with E-state index < -0.39 is 0 Å². The largest absolute Gasteiger partial charge is 0.360 e. The number of hydrogen-bond acceptors (Lipinski definition) is 1. The quantitative estimate of drug-likeness (QED) is 0.890. The molecule has 0 atom stereocenters. The number of nitrogens with one attached hydrogen (secondary N) is 1. The van der Waals surface area contributed by atoms with E-state index in [0.29, 0.717) is 10.0 Å². The highest BCUT2D eigenvalue weighted by Gasteiger charge is 2.22. The number of hydrogen-bond donors (Lipinski definition) is 1. The second kappa shape index (κ2) is 7.12. The van der Waals surface area contributed by atoms with Crippen molar-refractivity contribution in [2.24, 2.45) is 0 Å². The van der Waals surface area contributed by atoms with Gasteiger partial charge in [0.2, 0.25) is 0 Å². The van der Waals surface area contributed by atoms with Crippen LogP contribution in [0.15, 0.2) is 36.4 Å². The van der Waals surface area contributed by atoms with E-state index in [1.165, 1.54) is 16.8 Å². The Morgan fingerprint density at radius 2 is 1.70 bits per heavy atom. The van der Waals surface area contributed by atoms with Gasteiger partial charge in [-0.15, -0.1) is 0 Å². The molecule has 0 radical (unpaired) electrons. The zero-order valence-corrected chi connectivity index (χ0v) is 15.2. The lowest BCUT2D eigenvalue weighted by molar-refractivity contribution is -0.914. The van der Waals surface area contributed by atoms with Crippen LogP contribution in [-0.2, 0) is 6.54 Å². The fraction of sp³-hybridized carbons (Fsp3) is 0.368. The maximum Gasteiger partial charge on any atom is 0.104 e. The minimum Gasteiger partial charge on any atom is -0.360 e. The Labute approximate surface area is 148 Å². The number of rotatable bonds is 3. The number of aryl methyl sites for hydroxylation is 1. The molecule has 2 aromatic carbocycles. The van der Waals surface area contributed by atoms with Gasteiger partial charge in [0.05, 0.1) is 36.2 Å². The van der Waals surface area contributed by atoms with Gasteiger partial charge in [-0.2, -0.15) is 0 Å². The number of quaternary nitrogens is 1. The van der Waals surface area contributed by atoms with Crippen molar-refractivity contribution in [1.82, 2.24) is 0 Å². The smallest absolute Gasteiger partial charge is 0.104 e. The molecule has 2 nitrogen and oxygen atoms in total. The molecule has 122 valence electrons. The highest BCUT2D eigenvalue weighted by molar-refractivity contribution is 6.42. The van der Waals surface area contributed by atoms with Crippen LogP contribution in [0.1, 0.15) is 16.7 Å². The van der Waals surface area contributed by atoms with Crippen LogP contribution in [0.2, 0.25) is 10.0 Å². The molecule has 1 aliphatic rings. The molecule has 1 heterocycles. The van der Waals surface area contributed by atoms with E-state index in [2.05, 4.69) is 43.0 Å². The van der Waals surface area contributed by atoms with Gasteiger partial charge in [0.15, 0.2) is 0 Å². The van der Waals surface area contributed by atoms with Gasteiger partial charge in [0, 0.05) is 11.3 Å². The van der Waals surface area contributed by atoms with E-state index in [4.69, 9.17) is 23.2 Å². The molecule has 1 N–H and O–H groups in total. The van der Waals surface area contributed by atoms with Crippen molar-refractivity contribution in [3.8, 4) is 0 Å². The van der Waals surface area contributed by atoms with Crippen LogP contribution in [0.3, 0.4) is 0 Å². The summed E-state index contributed by atoms with van der Waals surface area (Å²) in [7, 11) is 0. The summed E-state index contributed by atoms with van der Waals surface area (Å²) < 4.78 is 0. The van der Waals surface area contributed by atoms with Gasteiger partial charge in [-0.25, -0.2) is 0 Å². The van der Waals surface area contributed by atoms with Crippen LogP contribution in [0.5, 0.6) is 0 Å². The van der Waals surface area contributed by atoms with Crippen LogP contribution < -0.4 is 9.80 Å². The minimum atomic E-state index is 0.651. The van der Waals surface area contributed by atoms with Crippen LogP contribution in [0, 0.1) is 13.8 Å².